The van der Waals surface area contributed by atoms with E-state index in [1.54, 1.807) is 11.3 Å². The summed E-state index contributed by atoms with van der Waals surface area (Å²) in [5.74, 6) is 0. The third-order valence-electron chi connectivity index (χ3n) is 2.55. The molecule has 0 aliphatic rings. The predicted octanol–water partition coefficient (Wildman–Crippen LogP) is 1.87. The largest absolute Gasteiger partial charge is 0.394 e. The highest BCUT2D eigenvalue weighted by atomic mass is 35.5. The zero-order chi connectivity index (χ0) is 13.8. The molecule has 2 rings (SSSR count). The third kappa shape index (κ3) is 3.34. The van der Waals surface area contributed by atoms with Gasteiger partial charge in [0.15, 0.2) is 0 Å². The number of hydrogen-bond acceptors (Lipinski definition) is 5. The van der Waals surface area contributed by atoms with Gasteiger partial charge in [0.1, 0.15) is 5.02 Å². The Morgan fingerprint density at radius 1 is 1.53 bits per heavy atom. The fourth-order valence-corrected chi connectivity index (χ4v) is 2.65. The minimum Gasteiger partial charge on any atom is -0.394 e. The van der Waals surface area contributed by atoms with Crippen LogP contribution in [0.15, 0.2) is 23.1 Å². The van der Waals surface area contributed by atoms with Gasteiger partial charge in [0.2, 0.25) is 0 Å². The van der Waals surface area contributed by atoms with Crippen LogP contribution in [0.2, 0.25) is 5.02 Å². The van der Waals surface area contributed by atoms with Gasteiger partial charge >= 0.3 is 0 Å². The van der Waals surface area contributed by atoms with E-state index >= 15 is 0 Å². The second kappa shape index (κ2) is 6.18. The van der Waals surface area contributed by atoms with E-state index in [2.05, 4.69) is 10.4 Å². The van der Waals surface area contributed by atoms with Gasteiger partial charge in [-0.05, 0) is 19.1 Å². The van der Waals surface area contributed by atoms with Crippen molar-refractivity contribution in [3.8, 4) is 0 Å². The van der Waals surface area contributed by atoms with E-state index in [4.69, 9.17) is 16.7 Å². The van der Waals surface area contributed by atoms with Gasteiger partial charge in [-0.2, -0.15) is 5.10 Å². The number of nitrogens with one attached hydrogen (secondary N) is 1. The first kappa shape index (κ1) is 14.0. The smallest absolute Gasteiger partial charge is 0.287 e. The van der Waals surface area contributed by atoms with Crippen molar-refractivity contribution in [2.75, 3.05) is 11.9 Å². The van der Waals surface area contributed by atoms with E-state index in [-0.39, 0.29) is 18.2 Å². The molecule has 0 aliphatic heterocycles. The first-order chi connectivity index (χ1) is 9.11. The van der Waals surface area contributed by atoms with Crippen LogP contribution < -0.4 is 10.9 Å². The Bertz CT molecular complexity index is 624. The maximum Gasteiger partial charge on any atom is 0.287 e. The molecule has 0 spiro atoms. The molecule has 0 bridgehead atoms. The first-order valence-corrected chi connectivity index (χ1v) is 6.97. The van der Waals surface area contributed by atoms with E-state index in [0.717, 1.165) is 9.56 Å². The summed E-state index contributed by atoms with van der Waals surface area (Å²) in [5, 5.41) is 15.9. The Labute approximate surface area is 119 Å². The molecule has 2 N–H and O–H groups in total. The van der Waals surface area contributed by atoms with Crippen molar-refractivity contribution in [3.63, 3.8) is 0 Å². The molecule has 0 unspecified atom stereocenters. The highest BCUT2D eigenvalue weighted by Crippen LogP contribution is 2.19. The summed E-state index contributed by atoms with van der Waals surface area (Å²) in [4.78, 5) is 14.2. The van der Waals surface area contributed by atoms with Gasteiger partial charge in [-0.1, -0.05) is 11.6 Å². The fraction of sp³-hybridized carbons (Fsp3) is 0.333. The maximum atomic E-state index is 11.8. The molecule has 0 saturated heterocycles. The Hall–Kier alpha value is -1.37. The third-order valence-corrected chi connectivity index (χ3v) is 3.91. The minimum atomic E-state index is -0.400. The number of halogens is 1. The number of aliphatic hydroxyl groups excluding tert-OH is 1. The average molecular weight is 300 g/mol. The SMILES string of the molecule is Cc1ccc(CNc2cnn(CCO)c(=O)c2Cl)s1. The quantitative estimate of drug-likeness (QED) is 0.884. The molecule has 5 nitrogen and oxygen atoms in total. The lowest BCUT2D eigenvalue weighted by atomic mass is 10.4. The molecule has 0 radical (unpaired) electrons. The second-order valence-electron chi connectivity index (χ2n) is 3.99. The molecular formula is C12H14ClN3O2S. The van der Waals surface area contributed by atoms with E-state index in [0.29, 0.717) is 12.2 Å². The standard InChI is InChI=1S/C12H14ClN3O2S/c1-8-2-3-9(19-8)6-14-10-7-15-16(4-5-17)12(18)11(10)13/h2-3,7,14,17H,4-6H2,1H3. The molecule has 19 heavy (non-hydrogen) atoms. The topological polar surface area (TPSA) is 67.2 Å². The maximum absolute atomic E-state index is 11.8. The number of aryl methyl sites for hydroxylation is 1. The first-order valence-electron chi connectivity index (χ1n) is 5.77. The number of aliphatic hydroxyl groups is 1. The van der Waals surface area contributed by atoms with Gasteiger partial charge in [0, 0.05) is 16.3 Å². The van der Waals surface area contributed by atoms with Crippen LogP contribution in [0.1, 0.15) is 9.75 Å². The molecule has 0 atom stereocenters. The number of hydrogen-bond donors (Lipinski definition) is 2. The van der Waals surface area contributed by atoms with Crippen molar-refractivity contribution in [1.82, 2.24) is 9.78 Å². The van der Waals surface area contributed by atoms with Crippen LogP contribution in [0.3, 0.4) is 0 Å². The van der Waals surface area contributed by atoms with Crippen molar-refractivity contribution in [3.05, 3.63) is 43.5 Å². The highest BCUT2D eigenvalue weighted by Gasteiger charge is 2.09. The zero-order valence-corrected chi connectivity index (χ0v) is 12.0. The van der Waals surface area contributed by atoms with Crippen LogP contribution in [-0.4, -0.2) is 21.5 Å². The Morgan fingerprint density at radius 2 is 2.32 bits per heavy atom. The van der Waals surface area contributed by atoms with Gasteiger partial charge in [0.05, 0.1) is 25.0 Å². The molecule has 0 fully saturated rings. The average Bonchev–Trinajstić information content (AvgIpc) is 2.80. The Balaban J connectivity index is 2.13. The van der Waals surface area contributed by atoms with Gasteiger partial charge < -0.3 is 10.4 Å². The summed E-state index contributed by atoms with van der Waals surface area (Å²) in [6, 6.07) is 4.07. The zero-order valence-electron chi connectivity index (χ0n) is 10.4. The van der Waals surface area contributed by atoms with Crippen LogP contribution in [0, 0.1) is 6.92 Å². The molecule has 0 aromatic carbocycles. The molecule has 2 aromatic heterocycles. The van der Waals surface area contributed by atoms with Crippen molar-refractivity contribution in [2.24, 2.45) is 0 Å². The molecule has 0 aliphatic carbocycles. The lowest BCUT2D eigenvalue weighted by Gasteiger charge is -2.08. The van der Waals surface area contributed by atoms with Crippen molar-refractivity contribution in [1.29, 1.82) is 0 Å². The summed E-state index contributed by atoms with van der Waals surface area (Å²) < 4.78 is 1.14. The van der Waals surface area contributed by atoms with Crippen LogP contribution in [-0.2, 0) is 13.1 Å². The summed E-state index contributed by atoms with van der Waals surface area (Å²) in [6.07, 6.45) is 1.50. The fourth-order valence-electron chi connectivity index (χ4n) is 1.60. The van der Waals surface area contributed by atoms with Gasteiger partial charge in [-0.3, -0.25) is 4.79 Å². The molecule has 0 saturated carbocycles. The van der Waals surface area contributed by atoms with Crippen molar-refractivity contribution >= 4 is 28.6 Å². The summed E-state index contributed by atoms with van der Waals surface area (Å²) in [7, 11) is 0. The minimum absolute atomic E-state index is 0.0942. The molecule has 102 valence electrons. The summed E-state index contributed by atoms with van der Waals surface area (Å²) >= 11 is 7.68. The number of nitrogens with zero attached hydrogens (tertiary/aromatic N) is 2. The van der Waals surface area contributed by atoms with E-state index in [1.807, 2.05) is 19.1 Å². The Kier molecular flexibility index (Phi) is 4.57. The lowest BCUT2D eigenvalue weighted by Crippen LogP contribution is -2.25. The van der Waals surface area contributed by atoms with Crippen LogP contribution in [0.5, 0.6) is 0 Å². The van der Waals surface area contributed by atoms with Gasteiger partial charge in [-0.15, -0.1) is 11.3 Å². The summed E-state index contributed by atoms with van der Waals surface area (Å²) in [5.41, 5.74) is 0.106. The number of rotatable bonds is 5. The van der Waals surface area contributed by atoms with Crippen molar-refractivity contribution in [2.45, 2.75) is 20.0 Å². The van der Waals surface area contributed by atoms with Gasteiger partial charge in [0.25, 0.3) is 5.56 Å². The predicted molar refractivity (Wildman–Crippen MR) is 77.0 cm³/mol. The van der Waals surface area contributed by atoms with Gasteiger partial charge in [-0.25, -0.2) is 4.68 Å². The molecule has 2 heterocycles. The van der Waals surface area contributed by atoms with E-state index in [9.17, 15) is 4.79 Å². The molecular weight excluding hydrogens is 286 g/mol. The van der Waals surface area contributed by atoms with Crippen LogP contribution in [0.4, 0.5) is 5.69 Å². The Morgan fingerprint density at radius 3 is 2.95 bits per heavy atom. The number of anilines is 1. The summed E-state index contributed by atoms with van der Waals surface area (Å²) in [6.45, 7) is 2.63. The second-order valence-corrected chi connectivity index (χ2v) is 5.74. The highest BCUT2D eigenvalue weighted by molar-refractivity contribution is 7.11. The molecule has 7 heteroatoms. The van der Waals surface area contributed by atoms with E-state index < -0.39 is 5.56 Å². The monoisotopic (exact) mass is 299 g/mol. The molecule has 0 amide bonds. The van der Waals surface area contributed by atoms with Crippen LogP contribution in [0.25, 0.3) is 0 Å². The molecule has 2 aromatic rings. The van der Waals surface area contributed by atoms with Crippen molar-refractivity contribution < 1.29 is 5.11 Å². The van der Waals surface area contributed by atoms with E-state index in [1.165, 1.54) is 11.1 Å². The normalized spacial score (nSPS) is 10.7. The lowest BCUT2D eigenvalue weighted by molar-refractivity contribution is 0.266. The van der Waals surface area contributed by atoms with Crippen LogP contribution >= 0.6 is 22.9 Å². The number of aromatic nitrogens is 2. The number of thiophene rings is 1.